The second kappa shape index (κ2) is 4.31. The normalized spacial score (nSPS) is 12.8. The van der Waals surface area contributed by atoms with Crippen LogP contribution in [0.15, 0.2) is 29.6 Å². The number of aryl methyl sites for hydroxylation is 1. The van der Waals surface area contributed by atoms with Gasteiger partial charge < -0.3 is 5.11 Å². The van der Waals surface area contributed by atoms with E-state index >= 15 is 0 Å². The number of thiophene rings is 1. The van der Waals surface area contributed by atoms with E-state index in [-0.39, 0.29) is 5.56 Å². The topological polar surface area (TPSA) is 20.2 Å². The molecule has 1 N–H and O–H groups in total. The van der Waals surface area contributed by atoms with Gasteiger partial charge in [0.05, 0.1) is 0 Å². The van der Waals surface area contributed by atoms with E-state index in [9.17, 15) is 13.9 Å². The first-order valence-electron chi connectivity index (χ1n) is 4.76. The van der Waals surface area contributed by atoms with Crippen LogP contribution in [0.5, 0.6) is 0 Å². The largest absolute Gasteiger partial charge is 0.384 e. The first kappa shape index (κ1) is 11.2. The van der Waals surface area contributed by atoms with Gasteiger partial charge in [0, 0.05) is 10.4 Å². The van der Waals surface area contributed by atoms with E-state index in [1.54, 1.807) is 11.4 Å². The average Bonchev–Trinajstić information content (AvgIpc) is 2.67. The van der Waals surface area contributed by atoms with Crippen molar-refractivity contribution in [1.82, 2.24) is 0 Å². The molecule has 0 saturated heterocycles. The smallest absolute Gasteiger partial charge is 0.129 e. The van der Waals surface area contributed by atoms with Crippen molar-refractivity contribution in [2.75, 3.05) is 0 Å². The fraction of sp³-hybridized carbons (Fsp3) is 0.167. The second-order valence-electron chi connectivity index (χ2n) is 3.56. The predicted molar refractivity (Wildman–Crippen MR) is 59.5 cm³/mol. The van der Waals surface area contributed by atoms with Gasteiger partial charge in [-0.25, -0.2) is 8.78 Å². The van der Waals surface area contributed by atoms with Gasteiger partial charge in [-0.05, 0) is 42.1 Å². The lowest BCUT2D eigenvalue weighted by Gasteiger charge is -2.10. The Morgan fingerprint density at radius 2 is 2.00 bits per heavy atom. The van der Waals surface area contributed by atoms with Crippen molar-refractivity contribution in [2.45, 2.75) is 13.0 Å². The molecule has 16 heavy (non-hydrogen) atoms. The molecule has 1 heterocycles. The van der Waals surface area contributed by atoms with Crippen molar-refractivity contribution in [3.05, 3.63) is 57.3 Å². The van der Waals surface area contributed by atoms with Gasteiger partial charge in [-0.2, -0.15) is 0 Å². The van der Waals surface area contributed by atoms with Gasteiger partial charge in [0.15, 0.2) is 0 Å². The monoisotopic (exact) mass is 240 g/mol. The van der Waals surface area contributed by atoms with E-state index in [0.717, 1.165) is 23.1 Å². The Morgan fingerprint density at radius 3 is 2.62 bits per heavy atom. The van der Waals surface area contributed by atoms with Crippen LogP contribution in [0.25, 0.3) is 0 Å². The van der Waals surface area contributed by atoms with E-state index in [2.05, 4.69) is 0 Å². The highest BCUT2D eigenvalue weighted by atomic mass is 32.1. The molecular formula is C12H10F2OS. The minimum atomic E-state index is -1.11. The zero-order valence-electron chi connectivity index (χ0n) is 8.58. The summed E-state index contributed by atoms with van der Waals surface area (Å²) in [6, 6.07) is 4.84. The minimum Gasteiger partial charge on any atom is -0.384 e. The SMILES string of the molecule is Cc1cc(C(O)c2cc(F)ccc2F)cs1. The van der Waals surface area contributed by atoms with Crippen LogP contribution in [0.2, 0.25) is 0 Å². The summed E-state index contributed by atoms with van der Waals surface area (Å²) in [5.74, 6) is -1.15. The lowest BCUT2D eigenvalue weighted by Crippen LogP contribution is -2.02. The Kier molecular flexibility index (Phi) is 3.03. The van der Waals surface area contributed by atoms with Crippen LogP contribution >= 0.6 is 11.3 Å². The van der Waals surface area contributed by atoms with Crippen molar-refractivity contribution in [3.63, 3.8) is 0 Å². The summed E-state index contributed by atoms with van der Waals surface area (Å²) in [4.78, 5) is 1.02. The van der Waals surface area contributed by atoms with Crippen molar-refractivity contribution < 1.29 is 13.9 Å². The third-order valence-corrected chi connectivity index (χ3v) is 3.20. The van der Waals surface area contributed by atoms with Gasteiger partial charge in [0.1, 0.15) is 17.7 Å². The molecule has 84 valence electrons. The molecule has 0 amide bonds. The molecule has 0 fully saturated rings. The van der Waals surface area contributed by atoms with Crippen LogP contribution in [-0.2, 0) is 0 Å². The Bertz CT molecular complexity index is 507. The minimum absolute atomic E-state index is 0.0298. The molecule has 2 rings (SSSR count). The molecule has 0 aliphatic rings. The van der Waals surface area contributed by atoms with Crippen LogP contribution in [0.1, 0.15) is 22.1 Å². The Labute approximate surface area is 96.0 Å². The summed E-state index contributed by atoms with van der Waals surface area (Å²) >= 11 is 1.46. The van der Waals surface area contributed by atoms with E-state index in [1.807, 2.05) is 6.92 Å². The zero-order chi connectivity index (χ0) is 11.7. The Morgan fingerprint density at radius 1 is 1.25 bits per heavy atom. The van der Waals surface area contributed by atoms with Gasteiger partial charge in [-0.1, -0.05) is 0 Å². The molecule has 1 atom stereocenters. The molecule has 1 aromatic carbocycles. The van der Waals surface area contributed by atoms with E-state index < -0.39 is 17.7 Å². The predicted octanol–water partition coefficient (Wildman–Crippen LogP) is 3.42. The van der Waals surface area contributed by atoms with Gasteiger partial charge in [-0.3, -0.25) is 0 Å². The van der Waals surface area contributed by atoms with Crippen LogP contribution < -0.4 is 0 Å². The maximum absolute atomic E-state index is 13.4. The lowest BCUT2D eigenvalue weighted by molar-refractivity contribution is 0.215. The van der Waals surface area contributed by atoms with Gasteiger partial charge in [0.25, 0.3) is 0 Å². The highest BCUT2D eigenvalue weighted by Crippen LogP contribution is 2.28. The summed E-state index contributed by atoms with van der Waals surface area (Å²) in [5, 5.41) is 11.7. The Hall–Kier alpha value is -1.26. The number of hydrogen-bond acceptors (Lipinski definition) is 2. The average molecular weight is 240 g/mol. The van der Waals surface area contributed by atoms with Gasteiger partial charge in [-0.15, -0.1) is 11.3 Å². The summed E-state index contributed by atoms with van der Waals surface area (Å²) in [7, 11) is 0. The molecule has 0 saturated carbocycles. The highest BCUT2D eigenvalue weighted by molar-refractivity contribution is 7.10. The number of benzene rings is 1. The number of aliphatic hydroxyl groups is 1. The van der Waals surface area contributed by atoms with Crippen LogP contribution in [0.3, 0.4) is 0 Å². The number of halogens is 2. The summed E-state index contributed by atoms with van der Waals surface area (Å²) in [6.07, 6.45) is -1.11. The van der Waals surface area contributed by atoms with Crippen LogP contribution in [0.4, 0.5) is 8.78 Å². The lowest BCUT2D eigenvalue weighted by atomic mass is 10.0. The molecule has 0 spiro atoms. The standard InChI is InChI=1S/C12H10F2OS/c1-7-4-8(6-16-7)12(15)10-5-9(13)2-3-11(10)14/h2-6,12,15H,1H3. The summed E-state index contributed by atoms with van der Waals surface area (Å²) in [5.41, 5.74) is 0.560. The maximum atomic E-state index is 13.4. The fourth-order valence-corrected chi connectivity index (χ4v) is 2.23. The van der Waals surface area contributed by atoms with Crippen molar-refractivity contribution in [3.8, 4) is 0 Å². The third kappa shape index (κ3) is 2.13. The second-order valence-corrected chi connectivity index (χ2v) is 4.67. The highest BCUT2D eigenvalue weighted by Gasteiger charge is 2.16. The van der Waals surface area contributed by atoms with Crippen molar-refractivity contribution in [1.29, 1.82) is 0 Å². The zero-order valence-corrected chi connectivity index (χ0v) is 9.39. The molecule has 0 aliphatic heterocycles. The summed E-state index contributed by atoms with van der Waals surface area (Å²) < 4.78 is 26.3. The first-order chi connectivity index (χ1) is 7.58. The molecule has 0 radical (unpaired) electrons. The Balaban J connectivity index is 2.40. The number of rotatable bonds is 2. The molecule has 1 nitrogen and oxygen atoms in total. The van der Waals surface area contributed by atoms with Crippen LogP contribution in [-0.4, -0.2) is 5.11 Å². The molecule has 0 bridgehead atoms. The molecular weight excluding hydrogens is 230 g/mol. The van der Waals surface area contributed by atoms with Crippen molar-refractivity contribution >= 4 is 11.3 Å². The van der Waals surface area contributed by atoms with E-state index in [0.29, 0.717) is 5.56 Å². The van der Waals surface area contributed by atoms with Gasteiger partial charge in [0.2, 0.25) is 0 Å². The van der Waals surface area contributed by atoms with Crippen LogP contribution in [0, 0.1) is 18.6 Å². The number of hydrogen-bond donors (Lipinski definition) is 1. The molecule has 1 aromatic heterocycles. The summed E-state index contributed by atoms with van der Waals surface area (Å²) in [6.45, 7) is 1.89. The first-order valence-corrected chi connectivity index (χ1v) is 5.64. The molecule has 0 aliphatic carbocycles. The molecule has 2 aromatic rings. The quantitative estimate of drug-likeness (QED) is 0.852. The maximum Gasteiger partial charge on any atom is 0.129 e. The van der Waals surface area contributed by atoms with E-state index in [1.165, 1.54) is 11.3 Å². The number of aliphatic hydroxyl groups excluding tert-OH is 1. The molecule has 1 unspecified atom stereocenters. The third-order valence-electron chi connectivity index (χ3n) is 2.32. The van der Waals surface area contributed by atoms with Gasteiger partial charge >= 0.3 is 0 Å². The van der Waals surface area contributed by atoms with Crippen molar-refractivity contribution in [2.24, 2.45) is 0 Å². The van der Waals surface area contributed by atoms with E-state index in [4.69, 9.17) is 0 Å². The molecule has 4 heteroatoms. The fourth-order valence-electron chi connectivity index (χ4n) is 1.51.